The molecular formula is C19H31IN4O2. The summed E-state index contributed by atoms with van der Waals surface area (Å²) in [5.41, 5.74) is 1.95. The molecule has 1 fully saturated rings. The number of hydrogen-bond acceptors (Lipinski definition) is 3. The minimum absolute atomic E-state index is 0. The van der Waals surface area contributed by atoms with Gasteiger partial charge in [0, 0.05) is 38.9 Å². The molecule has 0 atom stereocenters. The third-order valence-electron chi connectivity index (χ3n) is 4.45. The van der Waals surface area contributed by atoms with Gasteiger partial charge in [-0.15, -0.1) is 24.0 Å². The number of carbonyl (C=O) groups is 1. The zero-order chi connectivity index (χ0) is 17.9. The van der Waals surface area contributed by atoms with Gasteiger partial charge in [-0.25, -0.2) is 0 Å². The van der Waals surface area contributed by atoms with Gasteiger partial charge in [0.1, 0.15) is 0 Å². The van der Waals surface area contributed by atoms with Gasteiger partial charge in [0.15, 0.2) is 5.96 Å². The minimum Gasteiger partial charge on any atom is -0.383 e. The second kappa shape index (κ2) is 12.9. The first kappa shape index (κ1) is 22.7. The summed E-state index contributed by atoms with van der Waals surface area (Å²) in [5.74, 6) is 1.05. The smallest absolute Gasteiger partial charge is 0.227 e. The summed E-state index contributed by atoms with van der Waals surface area (Å²) in [5, 5.41) is 9.50. The molecule has 3 N–H and O–H groups in total. The minimum atomic E-state index is 0. The average molecular weight is 474 g/mol. The summed E-state index contributed by atoms with van der Waals surface area (Å²) < 4.78 is 5.02. The Morgan fingerprint density at radius 3 is 2.69 bits per heavy atom. The van der Waals surface area contributed by atoms with Crippen LogP contribution in [-0.2, 0) is 16.1 Å². The van der Waals surface area contributed by atoms with Crippen molar-refractivity contribution in [1.82, 2.24) is 10.6 Å². The van der Waals surface area contributed by atoms with E-state index in [9.17, 15) is 4.79 Å². The SMILES string of the molecule is CN=C(NCCOC)NCc1cccc(NC(=O)C2CCCCC2)c1.I. The molecule has 7 heteroatoms. The Kier molecular flexibility index (Phi) is 11.3. The molecule has 6 nitrogen and oxygen atoms in total. The summed E-state index contributed by atoms with van der Waals surface area (Å²) >= 11 is 0. The number of carbonyl (C=O) groups excluding carboxylic acids is 1. The van der Waals surface area contributed by atoms with Crippen LogP contribution in [-0.4, -0.2) is 39.2 Å². The normalized spacial score (nSPS) is 15.1. The van der Waals surface area contributed by atoms with Crippen molar-refractivity contribution in [3.8, 4) is 0 Å². The molecule has 0 saturated heterocycles. The highest BCUT2D eigenvalue weighted by atomic mass is 127. The number of nitrogens with zero attached hydrogens (tertiary/aromatic N) is 1. The highest BCUT2D eigenvalue weighted by molar-refractivity contribution is 14.0. The molecule has 2 rings (SSSR count). The van der Waals surface area contributed by atoms with Crippen LogP contribution in [0.15, 0.2) is 29.3 Å². The van der Waals surface area contributed by atoms with Crippen LogP contribution >= 0.6 is 24.0 Å². The van der Waals surface area contributed by atoms with E-state index in [-0.39, 0.29) is 35.8 Å². The highest BCUT2D eigenvalue weighted by Crippen LogP contribution is 2.25. The molecule has 1 aliphatic carbocycles. The predicted octanol–water partition coefficient (Wildman–Crippen LogP) is 3.13. The van der Waals surface area contributed by atoms with Gasteiger partial charge in [-0.3, -0.25) is 9.79 Å². The summed E-state index contributed by atoms with van der Waals surface area (Å²) in [7, 11) is 3.41. The van der Waals surface area contributed by atoms with Crippen molar-refractivity contribution in [1.29, 1.82) is 0 Å². The van der Waals surface area contributed by atoms with Crippen molar-refractivity contribution in [2.75, 3.05) is 32.6 Å². The number of hydrogen-bond donors (Lipinski definition) is 3. The fraction of sp³-hybridized carbons (Fsp3) is 0.579. The maximum absolute atomic E-state index is 12.4. The topological polar surface area (TPSA) is 74.8 Å². The first-order valence-corrected chi connectivity index (χ1v) is 9.06. The van der Waals surface area contributed by atoms with Crippen molar-refractivity contribution in [2.24, 2.45) is 10.9 Å². The fourth-order valence-corrected chi connectivity index (χ4v) is 3.05. The number of rotatable bonds is 7. The van der Waals surface area contributed by atoms with Gasteiger partial charge in [-0.1, -0.05) is 31.4 Å². The molecule has 1 aliphatic rings. The summed E-state index contributed by atoms with van der Waals surface area (Å²) in [6.07, 6.45) is 5.60. The number of guanidine groups is 1. The van der Waals surface area contributed by atoms with Crippen LogP contribution in [0.4, 0.5) is 5.69 Å². The van der Waals surface area contributed by atoms with Gasteiger partial charge in [-0.2, -0.15) is 0 Å². The van der Waals surface area contributed by atoms with Crippen LogP contribution < -0.4 is 16.0 Å². The molecule has 0 radical (unpaired) electrons. The zero-order valence-electron chi connectivity index (χ0n) is 15.7. The predicted molar refractivity (Wildman–Crippen MR) is 117 cm³/mol. The Balaban J connectivity index is 0.00000338. The van der Waals surface area contributed by atoms with Crippen molar-refractivity contribution < 1.29 is 9.53 Å². The van der Waals surface area contributed by atoms with Crippen LogP contribution in [0, 0.1) is 5.92 Å². The number of aliphatic imine (C=N–C) groups is 1. The average Bonchev–Trinajstić information content (AvgIpc) is 2.65. The fourth-order valence-electron chi connectivity index (χ4n) is 3.05. The van der Waals surface area contributed by atoms with E-state index >= 15 is 0 Å². The molecule has 1 amide bonds. The third-order valence-corrected chi connectivity index (χ3v) is 4.45. The van der Waals surface area contributed by atoms with Crippen molar-refractivity contribution >= 4 is 41.5 Å². The van der Waals surface area contributed by atoms with Gasteiger partial charge >= 0.3 is 0 Å². The standard InChI is InChI=1S/C19H30N4O2.HI/c1-20-19(21-11-12-25-2)22-14-15-7-6-10-17(13-15)23-18(24)16-8-4-3-5-9-16;/h6-7,10,13,16H,3-5,8-9,11-12,14H2,1-2H3,(H,23,24)(H2,20,21,22);1H. The number of nitrogens with one attached hydrogen (secondary N) is 3. The van der Waals surface area contributed by atoms with Gasteiger partial charge < -0.3 is 20.7 Å². The van der Waals surface area contributed by atoms with Crippen LogP contribution in [0.5, 0.6) is 0 Å². The van der Waals surface area contributed by atoms with E-state index in [2.05, 4.69) is 20.9 Å². The number of amides is 1. The Hall–Kier alpha value is -1.35. The molecule has 26 heavy (non-hydrogen) atoms. The summed E-state index contributed by atoms with van der Waals surface area (Å²) in [4.78, 5) is 16.5. The van der Waals surface area contributed by atoms with Crippen LogP contribution in [0.25, 0.3) is 0 Å². The summed E-state index contributed by atoms with van der Waals surface area (Å²) in [6, 6.07) is 7.95. The van der Waals surface area contributed by atoms with Crippen molar-refractivity contribution in [2.45, 2.75) is 38.6 Å². The monoisotopic (exact) mass is 474 g/mol. The maximum Gasteiger partial charge on any atom is 0.227 e. The number of ether oxygens (including phenoxy) is 1. The lowest BCUT2D eigenvalue weighted by molar-refractivity contribution is -0.120. The molecule has 0 aromatic heterocycles. The van der Waals surface area contributed by atoms with Crippen LogP contribution in [0.2, 0.25) is 0 Å². The molecule has 0 spiro atoms. The second-order valence-electron chi connectivity index (χ2n) is 6.37. The van der Waals surface area contributed by atoms with E-state index in [4.69, 9.17) is 4.74 Å². The first-order chi connectivity index (χ1) is 12.2. The Labute approximate surface area is 173 Å². The van der Waals surface area contributed by atoms with Gasteiger partial charge in [-0.05, 0) is 30.5 Å². The van der Waals surface area contributed by atoms with Crippen molar-refractivity contribution in [3.63, 3.8) is 0 Å². The summed E-state index contributed by atoms with van der Waals surface area (Å²) in [6.45, 7) is 1.97. The highest BCUT2D eigenvalue weighted by Gasteiger charge is 2.20. The molecule has 1 aromatic rings. The molecule has 1 aromatic carbocycles. The lowest BCUT2D eigenvalue weighted by atomic mass is 9.88. The maximum atomic E-state index is 12.4. The zero-order valence-corrected chi connectivity index (χ0v) is 18.0. The number of halogens is 1. The Morgan fingerprint density at radius 1 is 1.23 bits per heavy atom. The Morgan fingerprint density at radius 2 is 2.00 bits per heavy atom. The number of anilines is 1. The second-order valence-corrected chi connectivity index (χ2v) is 6.37. The lowest BCUT2D eigenvalue weighted by Crippen LogP contribution is -2.38. The van der Waals surface area contributed by atoms with Gasteiger partial charge in [0.05, 0.1) is 6.61 Å². The molecule has 146 valence electrons. The quantitative estimate of drug-likeness (QED) is 0.246. The molecule has 0 bridgehead atoms. The van der Waals surface area contributed by atoms with Crippen LogP contribution in [0.3, 0.4) is 0 Å². The Bertz CT molecular complexity index is 574. The van der Waals surface area contributed by atoms with Crippen LogP contribution in [0.1, 0.15) is 37.7 Å². The van der Waals surface area contributed by atoms with E-state index in [1.165, 1.54) is 6.42 Å². The molecule has 1 saturated carbocycles. The van der Waals surface area contributed by atoms with E-state index in [1.807, 2.05) is 24.3 Å². The molecule has 0 aliphatic heterocycles. The van der Waals surface area contributed by atoms with E-state index in [0.29, 0.717) is 19.7 Å². The largest absolute Gasteiger partial charge is 0.383 e. The van der Waals surface area contributed by atoms with E-state index < -0.39 is 0 Å². The van der Waals surface area contributed by atoms with Crippen molar-refractivity contribution in [3.05, 3.63) is 29.8 Å². The van der Waals surface area contributed by atoms with E-state index in [1.54, 1.807) is 14.2 Å². The number of benzene rings is 1. The first-order valence-electron chi connectivity index (χ1n) is 9.06. The van der Waals surface area contributed by atoms with Gasteiger partial charge in [0.2, 0.25) is 5.91 Å². The third kappa shape index (κ3) is 7.90. The molecule has 0 heterocycles. The van der Waals surface area contributed by atoms with E-state index in [0.717, 1.165) is 42.9 Å². The lowest BCUT2D eigenvalue weighted by Gasteiger charge is -2.21. The van der Waals surface area contributed by atoms with Gasteiger partial charge in [0.25, 0.3) is 0 Å². The molecule has 0 unspecified atom stereocenters. The molecular weight excluding hydrogens is 443 g/mol. The number of methoxy groups -OCH3 is 1.